The van der Waals surface area contributed by atoms with Crippen LogP contribution in [0, 0.1) is 13.8 Å². The Labute approximate surface area is 156 Å². The average Bonchev–Trinajstić information content (AvgIpc) is 3.18. The molecule has 0 fully saturated rings. The summed E-state index contributed by atoms with van der Waals surface area (Å²) in [5, 5.41) is 0. The van der Waals surface area contributed by atoms with Crippen LogP contribution in [0.2, 0.25) is 0 Å². The molecule has 0 amide bonds. The van der Waals surface area contributed by atoms with Gasteiger partial charge in [0.2, 0.25) is 6.79 Å². The predicted octanol–water partition coefficient (Wildman–Crippen LogP) is 3.30. The summed E-state index contributed by atoms with van der Waals surface area (Å²) in [5.74, 6) is 1.55. The molecule has 0 N–H and O–H groups in total. The van der Waals surface area contributed by atoms with E-state index in [1.807, 2.05) is 42.7 Å². The highest BCUT2D eigenvalue weighted by Crippen LogP contribution is 2.35. The number of ether oxygens (including phenoxy) is 3. The van der Waals surface area contributed by atoms with E-state index in [9.17, 15) is 9.59 Å². The fourth-order valence-electron chi connectivity index (χ4n) is 2.97. The molecule has 7 heteroatoms. The van der Waals surface area contributed by atoms with Crippen molar-refractivity contribution in [2.24, 2.45) is 0 Å². The van der Waals surface area contributed by atoms with Gasteiger partial charge in [-0.2, -0.15) is 0 Å². The average molecular weight is 375 g/mol. The molecule has 0 spiro atoms. The maximum Gasteiger partial charge on any atom is 0.315 e. The normalized spacial score (nSPS) is 12.3. The van der Waals surface area contributed by atoms with Gasteiger partial charge in [0.15, 0.2) is 17.3 Å². The van der Waals surface area contributed by atoms with E-state index >= 15 is 0 Å². The summed E-state index contributed by atoms with van der Waals surface area (Å²) in [7, 11) is 0. The topological polar surface area (TPSA) is 66.8 Å². The van der Waals surface area contributed by atoms with E-state index in [2.05, 4.69) is 0 Å². The molecular weight excluding hydrogens is 354 g/mol. The summed E-state index contributed by atoms with van der Waals surface area (Å²) >= 11 is 1.27. The molecule has 0 aliphatic carbocycles. The minimum absolute atomic E-state index is 0.000563. The van der Waals surface area contributed by atoms with Gasteiger partial charge in [0.1, 0.15) is 0 Å². The molecule has 6 nitrogen and oxygen atoms in total. The van der Waals surface area contributed by atoms with Gasteiger partial charge in [0.25, 0.3) is 0 Å². The van der Waals surface area contributed by atoms with Crippen LogP contribution < -0.4 is 9.47 Å². The zero-order valence-corrected chi connectivity index (χ0v) is 15.9. The van der Waals surface area contributed by atoms with Crippen molar-refractivity contribution >= 4 is 23.5 Å². The van der Waals surface area contributed by atoms with Gasteiger partial charge in [0.05, 0.1) is 18.1 Å². The molecule has 0 saturated heterocycles. The number of hydrogen-bond donors (Lipinski definition) is 0. The second kappa shape index (κ2) is 7.86. The molecule has 0 saturated carbocycles. The maximum absolute atomic E-state index is 12.6. The lowest BCUT2D eigenvalue weighted by Crippen LogP contribution is -2.10. The summed E-state index contributed by atoms with van der Waals surface area (Å²) in [4.78, 5) is 23.9. The first kappa shape index (κ1) is 18.4. The number of aryl methyl sites for hydroxylation is 1. The molecule has 2 heterocycles. The third-order valence-corrected chi connectivity index (χ3v) is 5.01. The van der Waals surface area contributed by atoms with Crippen molar-refractivity contribution in [3.63, 3.8) is 0 Å². The van der Waals surface area contributed by atoms with E-state index in [0.717, 1.165) is 22.8 Å². The highest BCUT2D eigenvalue weighted by molar-refractivity contribution is 8.00. The van der Waals surface area contributed by atoms with E-state index in [1.54, 1.807) is 6.92 Å². The van der Waals surface area contributed by atoms with Crippen molar-refractivity contribution in [3.8, 4) is 17.2 Å². The third kappa shape index (κ3) is 3.72. The number of carbonyl (C=O) groups excluding carboxylic acids is 2. The van der Waals surface area contributed by atoms with E-state index < -0.39 is 0 Å². The number of fused-ring (bicyclic) bond motifs is 1. The molecule has 0 atom stereocenters. The first-order chi connectivity index (χ1) is 12.5. The fourth-order valence-corrected chi connectivity index (χ4v) is 3.67. The van der Waals surface area contributed by atoms with Crippen LogP contribution in [0.1, 0.15) is 28.7 Å². The highest BCUT2D eigenvalue weighted by Gasteiger charge is 2.19. The second-order valence-electron chi connectivity index (χ2n) is 5.88. The largest absolute Gasteiger partial charge is 0.465 e. The number of carbonyl (C=O) groups is 2. The van der Waals surface area contributed by atoms with Crippen LogP contribution in [0.15, 0.2) is 24.3 Å². The Balaban J connectivity index is 1.75. The zero-order valence-electron chi connectivity index (χ0n) is 15.0. The lowest BCUT2D eigenvalue weighted by molar-refractivity contribution is -0.139. The molecule has 2 aromatic rings. The molecular formula is C19H21NO5S. The maximum atomic E-state index is 12.6. The van der Waals surface area contributed by atoms with Crippen molar-refractivity contribution in [1.29, 1.82) is 0 Å². The smallest absolute Gasteiger partial charge is 0.315 e. The quantitative estimate of drug-likeness (QED) is 0.546. The third-order valence-electron chi connectivity index (χ3n) is 4.10. The van der Waals surface area contributed by atoms with Crippen LogP contribution in [0.4, 0.5) is 0 Å². The SMILES string of the molecule is CCOC(=O)CSCC(=O)c1cc(C)n(-c2ccc3c(c2)OCO3)c1C. The first-order valence-corrected chi connectivity index (χ1v) is 9.52. The van der Waals surface area contributed by atoms with Gasteiger partial charge in [0, 0.05) is 28.7 Å². The fraction of sp³-hybridized carbons (Fsp3) is 0.368. The summed E-state index contributed by atoms with van der Waals surface area (Å²) in [5.41, 5.74) is 3.40. The van der Waals surface area contributed by atoms with Gasteiger partial charge in [-0.15, -0.1) is 11.8 Å². The Bertz CT molecular complexity index is 843. The molecule has 1 aromatic carbocycles. The number of esters is 1. The van der Waals surface area contributed by atoms with Crippen LogP contribution in [0.5, 0.6) is 11.5 Å². The minimum Gasteiger partial charge on any atom is -0.465 e. The number of Topliss-reactive ketones (excluding diaryl/α,β-unsaturated/α-hetero) is 1. The molecule has 26 heavy (non-hydrogen) atoms. The van der Waals surface area contributed by atoms with Crippen LogP contribution in [-0.4, -0.2) is 41.2 Å². The number of rotatable bonds is 7. The summed E-state index contributed by atoms with van der Waals surface area (Å²) in [6.07, 6.45) is 0. The number of nitrogens with zero attached hydrogens (tertiary/aromatic N) is 1. The molecule has 1 aromatic heterocycles. The molecule has 1 aliphatic rings. The molecule has 1 aliphatic heterocycles. The van der Waals surface area contributed by atoms with Crippen molar-refractivity contribution in [2.75, 3.05) is 24.9 Å². The van der Waals surface area contributed by atoms with Gasteiger partial charge >= 0.3 is 5.97 Å². The number of thioether (sulfide) groups is 1. The Morgan fingerprint density at radius 1 is 1.15 bits per heavy atom. The second-order valence-corrected chi connectivity index (χ2v) is 6.86. The highest BCUT2D eigenvalue weighted by atomic mass is 32.2. The summed E-state index contributed by atoms with van der Waals surface area (Å²) in [6.45, 7) is 6.22. The van der Waals surface area contributed by atoms with Crippen LogP contribution in [0.3, 0.4) is 0 Å². The predicted molar refractivity (Wildman–Crippen MR) is 99.7 cm³/mol. The number of benzene rings is 1. The van der Waals surface area contributed by atoms with Gasteiger partial charge in [-0.25, -0.2) is 0 Å². The van der Waals surface area contributed by atoms with Crippen molar-refractivity contribution in [2.45, 2.75) is 20.8 Å². The standard InChI is InChI=1S/C19H21NO5S/c1-4-23-19(22)10-26-9-16(21)15-7-12(2)20(13(15)3)14-5-6-17-18(8-14)25-11-24-17/h5-8H,4,9-11H2,1-3H3. The number of aromatic nitrogens is 1. The number of hydrogen-bond acceptors (Lipinski definition) is 6. The van der Waals surface area contributed by atoms with E-state index in [4.69, 9.17) is 14.2 Å². The Kier molecular flexibility index (Phi) is 5.56. The van der Waals surface area contributed by atoms with Gasteiger partial charge < -0.3 is 18.8 Å². The molecule has 0 radical (unpaired) electrons. The summed E-state index contributed by atoms with van der Waals surface area (Å²) in [6, 6.07) is 7.60. The van der Waals surface area contributed by atoms with E-state index in [-0.39, 0.29) is 30.1 Å². The van der Waals surface area contributed by atoms with Crippen molar-refractivity contribution < 1.29 is 23.8 Å². The van der Waals surface area contributed by atoms with Crippen LogP contribution >= 0.6 is 11.8 Å². The van der Waals surface area contributed by atoms with Gasteiger partial charge in [-0.1, -0.05) is 0 Å². The van der Waals surface area contributed by atoms with E-state index in [0.29, 0.717) is 17.9 Å². The van der Waals surface area contributed by atoms with Crippen LogP contribution in [0.25, 0.3) is 5.69 Å². The molecule has 3 rings (SSSR count). The van der Waals surface area contributed by atoms with Gasteiger partial charge in [-0.3, -0.25) is 9.59 Å². The van der Waals surface area contributed by atoms with E-state index in [1.165, 1.54) is 11.8 Å². The Morgan fingerprint density at radius 3 is 2.69 bits per heavy atom. The Hall–Kier alpha value is -2.41. The lowest BCUT2D eigenvalue weighted by Gasteiger charge is -2.10. The van der Waals surface area contributed by atoms with Gasteiger partial charge in [-0.05, 0) is 39.0 Å². The zero-order chi connectivity index (χ0) is 18.7. The monoisotopic (exact) mass is 375 g/mol. The minimum atomic E-state index is -0.295. The lowest BCUT2D eigenvalue weighted by atomic mass is 10.2. The molecule has 0 bridgehead atoms. The van der Waals surface area contributed by atoms with Crippen LogP contribution in [-0.2, 0) is 9.53 Å². The van der Waals surface area contributed by atoms with Crippen molar-refractivity contribution in [1.82, 2.24) is 4.57 Å². The van der Waals surface area contributed by atoms with Crippen molar-refractivity contribution in [3.05, 3.63) is 41.2 Å². The Morgan fingerprint density at radius 2 is 1.92 bits per heavy atom. The number of ketones is 1. The molecule has 0 unspecified atom stereocenters. The first-order valence-electron chi connectivity index (χ1n) is 8.36. The summed E-state index contributed by atoms with van der Waals surface area (Å²) < 4.78 is 17.7. The molecule has 138 valence electrons.